The first-order valence-electron chi connectivity index (χ1n) is 17.0. The third-order valence-corrected chi connectivity index (χ3v) is 10.9. The molecular weight excluding hydrogens is 629 g/mol. The number of carbonyl (C=O) groups excluding carboxylic acids is 1. The first-order chi connectivity index (χ1) is 23.1. The van der Waals surface area contributed by atoms with Gasteiger partial charge < -0.3 is 10.2 Å². The maximum Gasteiger partial charge on any atom is 0.287 e. The standard InChI is InChI=1S/C38H47F2N5O2S/c1-6-24(2)31(21-28-23-45(17-9-16-39)19-18-44(28)5)41-33-22-32(42-43-38(33)47)29-13-14-30(40)37(26(29)4)25(3)12-15-34(46)36-20-27-10-7-8-11-35(27)48-36/h7-8,10-11,13-14,20-22,24-25,31H,6,9,12,15-19,23H2,1-5H3,(H,41,42)(H,43,47). The number of aromatic amines is 1. The number of benzene rings is 2. The molecule has 0 saturated carbocycles. The van der Waals surface area contributed by atoms with Crippen LogP contribution in [0.3, 0.4) is 0 Å². The molecule has 2 aromatic heterocycles. The van der Waals surface area contributed by atoms with Gasteiger partial charge in [0.25, 0.3) is 5.56 Å². The van der Waals surface area contributed by atoms with E-state index in [4.69, 9.17) is 0 Å². The van der Waals surface area contributed by atoms with Crippen molar-refractivity contribution in [3.05, 3.63) is 92.5 Å². The summed E-state index contributed by atoms with van der Waals surface area (Å²) in [5.74, 6) is -0.241. The summed E-state index contributed by atoms with van der Waals surface area (Å²) in [6.45, 7) is 11.0. The van der Waals surface area contributed by atoms with Gasteiger partial charge in [0.1, 0.15) is 11.5 Å². The Morgan fingerprint density at radius 1 is 1.17 bits per heavy atom. The first-order valence-corrected chi connectivity index (χ1v) is 17.8. The average molecular weight is 676 g/mol. The van der Waals surface area contributed by atoms with Gasteiger partial charge in [0.2, 0.25) is 0 Å². The molecule has 1 aliphatic heterocycles. The molecule has 0 spiro atoms. The van der Waals surface area contributed by atoms with E-state index in [2.05, 4.69) is 52.3 Å². The number of rotatable bonds is 14. The Morgan fingerprint density at radius 2 is 1.96 bits per heavy atom. The zero-order valence-corrected chi connectivity index (χ0v) is 29.4. The highest BCUT2D eigenvalue weighted by Gasteiger charge is 2.24. The maximum absolute atomic E-state index is 15.4. The van der Waals surface area contributed by atoms with Crippen LogP contribution in [0.5, 0.6) is 0 Å². The topological polar surface area (TPSA) is 81.3 Å². The van der Waals surface area contributed by atoms with E-state index >= 15 is 4.39 Å². The largest absolute Gasteiger partial charge is 0.376 e. The van der Waals surface area contributed by atoms with Crippen LogP contribution in [0.2, 0.25) is 0 Å². The third-order valence-electron chi connectivity index (χ3n) is 9.73. The number of thiophene rings is 1. The molecule has 0 aliphatic carbocycles. The Morgan fingerprint density at radius 3 is 2.71 bits per heavy atom. The van der Waals surface area contributed by atoms with Gasteiger partial charge in [0.05, 0.1) is 17.2 Å². The number of likely N-dealkylation sites (N-methyl/N-ethyl adjacent to an activating group) is 1. The molecule has 1 saturated heterocycles. The molecule has 3 unspecified atom stereocenters. The van der Waals surface area contributed by atoms with Gasteiger partial charge in [-0.2, -0.15) is 5.10 Å². The molecule has 5 rings (SSSR count). The second kappa shape index (κ2) is 16.0. The number of piperazine rings is 1. The van der Waals surface area contributed by atoms with Gasteiger partial charge >= 0.3 is 0 Å². The van der Waals surface area contributed by atoms with E-state index in [-0.39, 0.29) is 41.7 Å². The van der Waals surface area contributed by atoms with Gasteiger partial charge in [-0.1, -0.05) is 45.4 Å². The second-order valence-corrected chi connectivity index (χ2v) is 14.2. The van der Waals surface area contributed by atoms with Crippen molar-refractivity contribution in [2.24, 2.45) is 5.92 Å². The highest BCUT2D eigenvalue weighted by Crippen LogP contribution is 2.34. The fraction of sp³-hybridized carbons (Fsp3) is 0.447. The predicted molar refractivity (Wildman–Crippen MR) is 193 cm³/mol. The summed E-state index contributed by atoms with van der Waals surface area (Å²) < 4.78 is 29.3. The zero-order valence-electron chi connectivity index (χ0n) is 28.6. The van der Waals surface area contributed by atoms with Crippen molar-refractivity contribution in [3.63, 3.8) is 0 Å². The van der Waals surface area contributed by atoms with Crippen LogP contribution in [0.1, 0.15) is 73.2 Å². The number of alkyl halides is 1. The summed E-state index contributed by atoms with van der Waals surface area (Å²) in [4.78, 5) is 31.4. The zero-order chi connectivity index (χ0) is 34.4. The predicted octanol–water partition coefficient (Wildman–Crippen LogP) is 8.18. The molecule has 0 radical (unpaired) electrons. The number of hydrogen-bond acceptors (Lipinski definition) is 7. The minimum Gasteiger partial charge on any atom is -0.376 e. The van der Waals surface area contributed by atoms with Crippen LogP contribution in [-0.2, 0) is 0 Å². The normalized spacial score (nSPS) is 16.7. The molecule has 3 atom stereocenters. The Bertz CT molecular complexity index is 1780. The van der Waals surface area contributed by atoms with Crippen molar-refractivity contribution < 1.29 is 13.6 Å². The van der Waals surface area contributed by atoms with Crippen molar-refractivity contribution in [2.45, 2.75) is 65.3 Å². The van der Waals surface area contributed by atoms with Crippen LogP contribution < -0.4 is 10.9 Å². The first kappa shape index (κ1) is 35.4. The van der Waals surface area contributed by atoms with Gasteiger partial charge in [0, 0.05) is 61.6 Å². The molecule has 1 fully saturated rings. The molecule has 7 nitrogen and oxygen atoms in total. The molecule has 3 heterocycles. The third kappa shape index (κ3) is 8.21. The molecule has 48 heavy (non-hydrogen) atoms. The number of carbonyl (C=O) groups is 1. The van der Waals surface area contributed by atoms with Gasteiger partial charge in [-0.3, -0.25) is 18.9 Å². The maximum atomic E-state index is 15.4. The lowest BCUT2D eigenvalue weighted by atomic mass is 9.88. The van der Waals surface area contributed by atoms with Gasteiger partial charge in [-0.15, -0.1) is 11.3 Å². The quantitative estimate of drug-likeness (QED) is 0.131. The van der Waals surface area contributed by atoms with Crippen LogP contribution in [0.15, 0.2) is 65.1 Å². The summed E-state index contributed by atoms with van der Waals surface area (Å²) in [6.07, 6.45) is 4.43. The van der Waals surface area contributed by atoms with E-state index < -0.39 is 0 Å². The lowest BCUT2D eigenvalue weighted by Crippen LogP contribution is -2.44. The fourth-order valence-corrected chi connectivity index (χ4v) is 7.50. The number of ketones is 1. The van der Waals surface area contributed by atoms with Crippen LogP contribution in [0, 0.1) is 18.7 Å². The summed E-state index contributed by atoms with van der Waals surface area (Å²) >= 11 is 1.49. The highest BCUT2D eigenvalue weighted by molar-refractivity contribution is 7.20. The molecule has 4 aromatic rings. The van der Waals surface area contributed by atoms with Gasteiger partial charge in [0.15, 0.2) is 5.78 Å². The molecule has 256 valence electrons. The van der Waals surface area contributed by atoms with E-state index in [0.29, 0.717) is 36.2 Å². The van der Waals surface area contributed by atoms with E-state index in [1.165, 1.54) is 17.4 Å². The number of nitrogens with one attached hydrogen (secondary N) is 2. The van der Waals surface area contributed by atoms with Crippen LogP contribution in [0.25, 0.3) is 21.3 Å². The fourth-order valence-electron chi connectivity index (χ4n) is 6.47. The van der Waals surface area contributed by atoms with Crippen molar-refractivity contribution in [1.82, 2.24) is 20.0 Å². The van der Waals surface area contributed by atoms with Gasteiger partial charge in [-0.25, -0.2) is 9.49 Å². The van der Waals surface area contributed by atoms with E-state index in [9.17, 15) is 14.0 Å². The number of Topliss-reactive ketones (excluding diaryl/α,β-unsaturated/α-hetero) is 1. The minimum absolute atomic E-state index is 0.0630. The van der Waals surface area contributed by atoms with E-state index in [0.717, 1.165) is 64.4 Å². The summed E-state index contributed by atoms with van der Waals surface area (Å²) in [7, 11) is 2.07. The number of H-pyrrole nitrogens is 1. The van der Waals surface area contributed by atoms with Crippen LogP contribution in [0.4, 0.5) is 14.5 Å². The molecule has 2 N–H and O–H groups in total. The smallest absolute Gasteiger partial charge is 0.287 e. The molecule has 2 aromatic carbocycles. The lowest BCUT2D eigenvalue weighted by Gasteiger charge is -2.37. The SMILES string of the molecule is CCC(C)C(C=C1CN(CCCF)CCN1C)Nc1cc(-c2ccc(F)c(C(C)CCC(=O)c3cc4ccccc4s3)c2C)n[nH]c1=O. The number of fused-ring (bicyclic) bond motifs is 1. The van der Waals surface area contributed by atoms with Crippen molar-refractivity contribution in [1.29, 1.82) is 0 Å². The Kier molecular flexibility index (Phi) is 11.8. The monoisotopic (exact) mass is 675 g/mol. The molecule has 10 heteroatoms. The van der Waals surface area contributed by atoms with Crippen molar-refractivity contribution in [3.8, 4) is 11.3 Å². The Hall–Kier alpha value is -3.89. The number of nitrogens with zero attached hydrogens (tertiary/aromatic N) is 3. The van der Waals surface area contributed by atoms with Crippen LogP contribution in [-0.4, -0.2) is 71.7 Å². The number of anilines is 1. The van der Waals surface area contributed by atoms with Crippen molar-refractivity contribution in [2.75, 3.05) is 45.2 Å². The minimum atomic E-state index is -0.333. The molecule has 1 aliphatic rings. The van der Waals surface area contributed by atoms with E-state index in [1.54, 1.807) is 12.1 Å². The second-order valence-electron chi connectivity index (χ2n) is 13.1. The summed E-state index contributed by atoms with van der Waals surface area (Å²) in [5, 5.41) is 11.6. The number of halogens is 2. The molecule has 0 bridgehead atoms. The van der Waals surface area contributed by atoms with Crippen molar-refractivity contribution >= 4 is 32.9 Å². The highest BCUT2D eigenvalue weighted by atomic mass is 32.1. The lowest BCUT2D eigenvalue weighted by molar-refractivity contribution is 0.0981. The Labute approximate surface area is 286 Å². The number of hydrogen-bond donors (Lipinski definition) is 2. The Balaban J connectivity index is 1.36. The average Bonchev–Trinajstić information content (AvgIpc) is 3.52. The molecular formula is C38H47F2N5O2S. The number of aromatic nitrogens is 2. The van der Waals surface area contributed by atoms with Crippen LogP contribution >= 0.6 is 11.3 Å². The molecule has 0 amide bonds. The summed E-state index contributed by atoms with van der Waals surface area (Å²) in [6, 6.07) is 14.6. The summed E-state index contributed by atoms with van der Waals surface area (Å²) in [5.41, 5.74) is 3.75. The van der Waals surface area contributed by atoms with E-state index in [1.807, 2.05) is 44.2 Å². The van der Waals surface area contributed by atoms with Gasteiger partial charge in [-0.05, 0) is 84.5 Å².